The van der Waals surface area contributed by atoms with Crippen LogP contribution >= 0.6 is 0 Å². The smallest absolute Gasteiger partial charge is 0.165 e. The SMILES string of the molecule is CCOc1ccc(-c2c(F)cc(-c3ccc(CC(C)c4ccccc4)cc3)cc2F)cc1F. The zero-order valence-electron chi connectivity index (χ0n) is 18.6. The van der Waals surface area contributed by atoms with Crippen LogP contribution in [-0.2, 0) is 6.42 Å². The van der Waals surface area contributed by atoms with Gasteiger partial charge in [0.1, 0.15) is 11.6 Å². The van der Waals surface area contributed by atoms with Crippen molar-refractivity contribution < 1.29 is 17.9 Å². The summed E-state index contributed by atoms with van der Waals surface area (Å²) in [5, 5.41) is 0. The van der Waals surface area contributed by atoms with Crippen LogP contribution in [0.1, 0.15) is 30.9 Å². The van der Waals surface area contributed by atoms with Crippen LogP contribution in [0.2, 0.25) is 0 Å². The Balaban J connectivity index is 1.56. The van der Waals surface area contributed by atoms with Crippen molar-refractivity contribution >= 4 is 0 Å². The van der Waals surface area contributed by atoms with Gasteiger partial charge >= 0.3 is 0 Å². The van der Waals surface area contributed by atoms with E-state index in [2.05, 4.69) is 19.1 Å². The fourth-order valence-corrected chi connectivity index (χ4v) is 4.03. The fourth-order valence-electron chi connectivity index (χ4n) is 4.03. The minimum Gasteiger partial charge on any atom is -0.491 e. The van der Waals surface area contributed by atoms with Crippen molar-refractivity contribution in [2.45, 2.75) is 26.2 Å². The lowest BCUT2D eigenvalue weighted by molar-refractivity contribution is 0.321. The molecule has 0 saturated carbocycles. The Bertz CT molecular complexity index is 1210. The summed E-state index contributed by atoms with van der Waals surface area (Å²) < 4.78 is 49.2. The zero-order chi connectivity index (χ0) is 23.4. The first-order valence-electron chi connectivity index (χ1n) is 11.0. The van der Waals surface area contributed by atoms with Gasteiger partial charge < -0.3 is 4.74 Å². The quantitative estimate of drug-likeness (QED) is 0.278. The molecular formula is C29H25F3O. The van der Waals surface area contributed by atoms with E-state index in [0.29, 0.717) is 23.7 Å². The van der Waals surface area contributed by atoms with Gasteiger partial charge in [0.05, 0.1) is 12.2 Å². The third kappa shape index (κ3) is 5.11. The van der Waals surface area contributed by atoms with E-state index in [4.69, 9.17) is 4.74 Å². The second-order valence-electron chi connectivity index (χ2n) is 8.11. The summed E-state index contributed by atoms with van der Waals surface area (Å²) in [5.74, 6) is -1.72. The van der Waals surface area contributed by atoms with Crippen molar-refractivity contribution in [3.8, 4) is 28.0 Å². The molecule has 4 aromatic rings. The van der Waals surface area contributed by atoms with Crippen molar-refractivity contribution in [1.29, 1.82) is 0 Å². The molecule has 1 nitrogen and oxygen atoms in total. The van der Waals surface area contributed by atoms with E-state index in [1.165, 1.54) is 29.8 Å². The molecule has 0 aliphatic rings. The van der Waals surface area contributed by atoms with Gasteiger partial charge in [-0.05, 0) is 71.3 Å². The van der Waals surface area contributed by atoms with Crippen LogP contribution in [0.4, 0.5) is 13.2 Å². The summed E-state index contributed by atoms with van der Waals surface area (Å²) in [6, 6.07) is 24.5. The van der Waals surface area contributed by atoms with Gasteiger partial charge in [0.15, 0.2) is 11.6 Å². The van der Waals surface area contributed by atoms with Crippen LogP contribution < -0.4 is 4.74 Å². The van der Waals surface area contributed by atoms with E-state index < -0.39 is 17.5 Å². The minimum atomic E-state index is -0.740. The molecule has 0 spiro atoms. The van der Waals surface area contributed by atoms with Gasteiger partial charge in [0.2, 0.25) is 0 Å². The number of hydrogen-bond acceptors (Lipinski definition) is 1. The fraction of sp³-hybridized carbons (Fsp3) is 0.172. The molecule has 0 heterocycles. The highest BCUT2D eigenvalue weighted by atomic mass is 19.1. The molecule has 1 atom stereocenters. The van der Waals surface area contributed by atoms with Crippen LogP contribution in [0, 0.1) is 17.5 Å². The van der Waals surface area contributed by atoms with E-state index >= 15 is 0 Å². The summed E-state index contributed by atoms with van der Waals surface area (Å²) in [5.41, 5.74) is 3.44. The van der Waals surface area contributed by atoms with E-state index in [1.807, 2.05) is 42.5 Å². The van der Waals surface area contributed by atoms with Gasteiger partial charge in [-0.3, -0.25) is 0 Å². The Hall–Kier alpha value is -3.53. The Morgan fingerprint density at radius 3 is 1.91 bits per heavy atom. The number of halogens is 3. The Morgan fingerprint density at radius 1 is 0.697 bits per heavy atom. The Kier molecular flexibility index (Phi) is 6.83. The lowest BCUT2D eigenvalue weighted by Crippen LogP contribution is -1.98. The van der Waals surface area contributed by atoms with Crippen LogP contribution in [0.15, 0.2) is 84.9 Å². The van der Waals surface area contributed by atoms with Gasteiger partial charge in [-0.2, -0.15) is 0 Å². The largest absolute Gasteiger partial charge is 0.491 e. The zero-order valence-corrected chi connectivity index (χ0v) is 18.6. The minimum absolute atomic E-state index is 0.0559. The molecular weight excluding hydrogens is 421 g/mol. The van der Waals surface area contributed by atoms with Crippen molar-refractivity contribution in [3.63, 3.8) is 0 Å². The van der Waals surface area contributed by atoms with Crippen molar-refractivity contribution in [3.05, 3.63) is 114 Å². The Morgan fingerprint density at radius 2 is 1.30 bits per heavy atom. The molecule has 4 heteroatoms. The van der Waals surface area contributed by atoms with Crippen molar-refractivity contribution in [2.24, 2.45) is 0 Å². The van der Waals surface area contributed by atoms with E-state index in [-0.39, 0.29) is 16.9 Å². The molecule has 33 heavy (non-hydrogen) atoms. The molecule has 0 fully saturated rings. The molecule has 0 amide bonds. The lowest BCUT2D eigenvalue weighted by atomic mass is 9.92. The molecule has 0 aliphatic carbocycles. The first kappa shape index (κ1) is 22.7. The highest BCUT2D eigenvalue weighted by Gasteiger charge is 2.16. The van der Waals surface area contributed by atoms with Crippen LogP contribution in [0.5, 0.6) is 5.75 Å². The molecule has 0 bridgehead atoms. The number of benzene rings is 4. The highest BCUT2D eigenvalue weighted by molar-refractivity contribution is 5.72. The molecule has 0 aliphatic heterocycles. The maximum absolute atomic E-state index is 14.9. The summed E-state index contributed by atoms with van der Waals surface area (Å²) in [6.07, 6.45) is 0.870. The number of ether oxygens (including phenoxy) is 1. The van der Waals surface area contributed by atoms with Gasteiger partial charge in [-0.25, -0.2) is 13.2 Å². The van der Waals surface area contributed by atoms with E-state index in [1.54, 1.807) is 6.92 Å². The summed E-state index contributed by atoms with van der Waals surface area (Å²) in [7, 11) is 0. The van der Waals surface area contributed by atoms with E-state index in [0.717, 1.165) is 18.1 Å². The van der Waals surface area contributed by atoms with Crippen LogP contribution in [0.3, 0.4) is 0 Å². The average Bonchev–Trinajstić information content (AvgIpc) is 2.81. The molecule has 0 N–H and O–H groups in total. The summed E-state index contributed by atoms with van der Waals surface area (Å²) >= 11 is 0. The average molecular weight is 447 g/mol. The molecule has 4 aromatic carbocycles. The summed E-state index contributed by atoms with van der Waals surface area (Å²) in [6.45, 7) is 4.22. The number of rotatable bonds is 7. The third-order valence-corrected chi connectivity index (χ3v) is 5.76. The monoisotopic (exact) mass is 446 g/mol. The second-order valence-corrected chi connectivity index (χ2v) is 8.11. The molecule has 0 radical (unpaired) electrons. The Labute approximate surface area is 192 Å². The molecule has 0 saturated heterocycles. The van der Waals surface area contributed by atoms with Crippen molar-refractivity contribution in [2.75, 3.05) is 6.61 Å². The molecule has 168 valence electrons. The van der Waals surface area contributed by atoms with Gasteiger partial charge in [-0.1, -0.05) is 67.6 Å². The first-order valence-corrected chi connectivity index (χ1v) is 11.0. The van der Waals surface area contributed by atoms with Crippen molar-refractivity contribution in [1.82, 2.24) is 0 Å². The maximum Gasteiger partial charge on any atom is 0.165 e. The highest BCUT2D eigenvalue weighted by Crippen LogP contribution is 2.33. The van der Waals surface area contributed by atoms with Crippen LogP contribution in [0.25, 0.3) is 22.3 Å². The predicted molar refractivity (Wildman–Crippen MR) is 127 cm³/mol. The number of hydrogen-bond donors (Lipinski definition) is 0. The molecule has 1 unspecified atom stereocenters. The topological polar surface area (TPSA) is 9.23 Å². The maximum atomic E-state index is 14.9. The normalized spacial score (nSPS) is 11.9. The standard InChI is InChI=1S/C29H25F3O/c1-3-33-28-14-13-23(16-25(28)30)29-26(31)17-24(18-27(29)32)22-11-9-20(10-12-22)15-19(2)21-7-5-4-6-8-21/h4-14,16-19H,3,15H2,1-2H3. The summed E-state index contributed by atoms with van der Waals surface area (Å²) in [4.78, 5) is 0. The van der Waals surface area contributed by atoms with Crippen LogP contribution in [-0.4, -0.2) is 6.61 Å². The first-order chi connectivity index (χ1) is 16.0. The lowest BCUT2D eigenvalue weighted by Gasteiger charge is -2.13. The van der Waals surface area contributed by atoms with Gasteiger partial charge in [0, 0.05) is 0 Å². The molecule has 0 aromatic heterocycles. The van der Waals surface area contributed by atoms with E-state index in [9.17, 15) is 13.2 Å². The molecule has 4 rings (SSSR count). The van der Waals surface area contributed by atoms with Gasteiger partial charge in [0.25, 0.3) is 0 Å². The third-order valence-electron chi connectivity index (χ3n) is 5.76. The second kappa shape index (κ2) is 9.95. The predicted octanol–water partition coefficient (Wildman–Crippen LogP) is 8.18. The van der Waals surface area contributed by atoms with Gasteiger partial charge in [-0.15, -0.1) is 0 Å².